The highest BCUT2D eigenvalue weighted by Gasteiger charge is 2.39. The molecule has 0 aromatic carbocycles. The molecule has 0 aliphatic rings. The standard InChI is InChI=1S/C3H6N2O6/c6-3(7,5(10)11)1-2-4(8)9/h6-7H,1-2H2. The van der Waals surface area contributed by atoms with Gasteiger partial charge in [-0.2, -0.15) is 0 Å². The first kappa shape index (κ1) is 9.72. The van der Waals surface area contributed by atoms with Gasteiger partial charge in [0.25, 0.3) is 0 Å². The third-order valence-corrected chi connectivity index (χ3v) is 0.922. The highest BCUT2D eigenvalue weighted by molar-refractivity contribution is 4.46. The van der Waals surface area contributed by atoms with E-state index in [4.69, 9.17) is 10.2 Å². The molecule has 8 heteroatoms. The van der Waals surface area contributed by atoms with E-state index in [-0.39, 0.29) is 0 Å². The van der Waals surface area contributed by atoms with Crippen LogP contribution >= 0.6 is 0 Å². The first-order valence-electron chi connectivity index (χ1n) is 2.57. The second-order valence-corrected chi connectivity index (χ2v) is 1.84. The minimum atomic E-state index is -3.19. The fourth-order valence-corrected chi connectivity index (χ4v) is 0.333. The Balaban J connectivity index is 3.92. The van der Waals surface area contributed by atoms with Gasteiger partial charge in [-0.3, -0.25) is 20.2 Å². The van der Waals surface area contributed by atoms with E-state index in [0.717, 1.165) is 0 Å². The molecule has 0 radical (unpaired) electrons. The monoisotopic (exact) mass is 166 g/mol. The van der Waals surface area contributed by atoms with Crippen LogP contribution in [0.4, 0.5) is 0 Å². The summed E-state index contributed by atoms with van der Waals surface area (Å²) in [7, 11) is 0. The lowest BCUT2D eigenvalue weighted by molar-refractivity contribution is -0.690. The Hall–Kier alpha value is -1.28. The topological polar surface area (TPSA) is 127 Å². The fourth-order valence-electron chi connectivity index (χ4n) is 0.333. The van der Waals surface area contributed by atoms with Crippen LogP contribution in [-0.2, 0) is 0 Å². The van der Waals surface area contributed by atoms with Crippen molar-refractivity contribution in [1.82, 2.24) is 0 Å². The molecule has 11 heavy (non-hydrogen) atoms. The second kappa shape index (κ2) is 3.21. The molecule has 64 valence electrons. The molecular weight excluding hydrogens is 160 g/mol. The molecular formula is C3H6N2O6. The first-order valence-corrected chi connectivity index (χ1v) is 2.57. The lowest BCUT2D eigenvalue weighted by Gasteiger charge is -2.08. The van der Waals surface area contributed by atoms with Crippen LogP contribution in [0.3, 0.4) is 0 Å². The molecule has 0 aromatic heterocycles. The Morgan fingerprint density at radius 3 is 2.00 bits per heavy atom. The van der Waals surface area contributed by atoms with Crippen LogP contribution in [0.1, 0.15) is 6.42 Å². The minimum absolute atomic E-state index is 0.853. The predicted octanol–water partition coefficient (Wildman–Crippen LogP) is -1.43. The average molecular weight is 166 g/mol. The Bertz CT molecular complexity index is 177. The van der Waals surface area contributed by atoms with E-state index >= 15 is 0 Å². The molecule has 0 bridgehead atoms. The van der Waals surface area contributed by atoms with Crippen LogP contribution in [0.15, 0.2) is 0 Å². The summed E-state index contributed by atoms with van der Waals surface area (Å²) >= 11 is 0. The van der Waals surface area contributed by atoms with E-state index in [0.29, 0.717) is 0 Å². The molecule has 0 unspecified atom stereocenters. The maximum Gasteiger partial charge on any atom is 0.443 e. The fraction of sp³-hybridized carbons (Fsp3) is 1.00. The van der Waals surface area contributed by atoms with Crippen molar-refractivity contribution in [2.24, 2.45) is 0 Å². The third kappa shape index (κ3) is 3.43. The van der Waals surface area contributed by atoms with E-state index in [1.807, 2.05) is 0 Å². The summed E-state index contributed by atoms with van der Waals surface area (Å²) in [6.07, 6.45) is -0.924. The summed E-state index contributed by atoms with van der Waals surface area (Å²) in [5.41, 5.74) is 0. The maximum absolute atomic E-state index is 9.72. The molecule has 0 rings (SSSR count). The van der Waals surface area contributed by atoms with Gasteiger partial charge < -0.3 is 10.2 Å². The van der Waals surface area contributed by atoms with Gasteiger partial charge in [0.2, 0.25) is 6.54 Å². The summed E-state index contributed by atoms with van der Waals surface area (Å²) in [5.74, 6) is -3.19. The number of nitrogens with zero attached hydrogens (tertiary/aromatic N) is 2. The van der Waals surface area contributed by atoms with Crippen molar-refractivity contribution in [3.8, 4) is 0 Å². The number of rotatable bonds is 4. The van der Waals surface area contributed by atoms with Crippen LogP contribution in [-0.4, -0.2) is 32.5 Å². The van der Waals surface area contributed by atoms with Gasteiger partial charge in [0.15, 0.2) is 0 Å². The Labute approximate surface area is 60.4 Å². The SMILES string of the molecule is O=[N+]([O-])CCC(O)(O)[N+](=O)[O-]. The third-order valence-electron chi connectivity index (χ3n) is 0.922. The van der Waals surface area contributed by atoms with E-state index in [1.54, 1.807) is 0 Å². The van der Waals surface area contributed by atoms with Crippen molar-refractivity contribution < 1.29 is 20.1 Å². The molecule has 2 N–H and O–H groups in total. The largest absolute Gasteiger partial charge is 0.443 e. The molecule has 0 amide bonds. The summed E-state index contributed by atoms with van der Waals surface area (Å²) in [4.78, 5) is 17.1. The number of hydrogen-bond acceptors (Lipinski definition) is 6. The summed E-state index contributed by atoms with van der Waals surface area (Å²) in [5, 5.41) is 36.1. The highest BCUT2D eigenvalue weighted by Crippen LogP contribution is 2.05. The quantitative estimate of drug-likeness (QED) is 0.299. The van der Waals surface area contributed by atoms with Crippen LogP contribution in [0.5, 0.6) is 0 Å². The van der Waals surface area contributed by atoms with Crippen molar-refractivity contribution in [2.45, 2.75) is 12.3 Å². The number of aliphatic hydroxyl groups is 2. The van der Waals surface area contributed by atoms with Gasteiger partial charge in [0, 0.05) is 4.92 Å². The molecule has 8 nitrogen and oxygen atoms in total. The van der Waals surface area contributed by atoms with Crippen molar-refractivity contribution >= 4 is 0 Å². The highest BCUT2D eigenvalue weighted by atomic mass is 16.7. The van der Waals surface area contributed by atoms with Crippen molar-refractivity contribution in [1.29, 1.82) is 0 Å². The molecule has 0 saturated carbocycles. The van der Waals surface area contributed by atoms with Gasteiger partial charge >= 0.3 is 5.91 Å². The molecule has 0 atom stereocenters. The predicted molar refractivity (Wildman–Crippen MR) is 30.6 cm³/mol. The lowest BCUT2D eigenvalue weighted by Crippen LogP contribution is -2.39. The Morgan fingerprint density at radius 1 is 1.27 bits per heavy atom. The van der Waals surface area contributed by atoms with Crippen molar-refractivity contribution in [2.75, 3.05) is 6.54 Å². The molecule has 0 fully saturated rings. The minimum Gasteiger partial charge on any atom is -0.306 e. The van der Waals surface area contributed by atoms with Crippen LogP contribution < -0.4 is 0 Å². The summed E-state index contributed by atoms with van der Waals surface area (Å²) < 4.78 is 0. The maximum atomic E-state index is 9.72. The molecule has 0 heterocycles. The zero-order chi connectivity index (χ0) is 9.07. The number of nitro groups is 2. The summed E-state index contributed by atoms with van der Waals surface area (Å²) in [6.45, 7) is -0.853. The van der Waals surface area contributed by atoms with E-state index in [9.17, 15) is 20.2 Å². The van der Waals surface area contributed by atoms with Gasteiger partial charge in [-0.25, -0.2) is 0 Å². The molecule has 0 aliphatic carbocycles. The van der Waals surface area contributed by atoms with Gasteiger partial charge in [-0.05, 0) is 0 Å². The summed E-state index contributed by atoms with van der Waals surface area (Å²) in [6, 6.07) is 0. The average Bonchev–Trinajstić information content (AvgIpc) is 1.84. The van der Waals surface area contributed by atoms with Crippen LogP contribution in [0.2, 0.25) is 0 Å². The van der Waals surface area contributed by atoms with Gasteiger partial charge in [-0.15, -0.1) is 0 Å². The molecule has 0 spiro atoms. The second-order valence-electron chi connectivity index (χ2n) is 1.84. The van der Waals surface area contributed by atoms with Crippen molar-refractivity contribution in [3.63, 3.8) is 0 Å². The van der Waals surface area contributed by atoms with Gasteiger partial charge in [0.05, 0.1) is 4.92 Å². The van der Waals surface area contributed by atoms with Crippen molar-refractivity contribution in [3.05, 3.63) is 20.2 Å². The first-order chi connectivity index (χ1) is 4.86. The van der Waals surface area contributed by atoms with Crippen LogP contribution in [0.25, 0.3) is 0 Å². The molecule has 0 aliphatic heterocycles. The zero-order valence-corrected chi connectivity index (χ0v) is 5.34. The number of hydrogen-bond donors (Lipinski definition) is 2. The van der Waals surface area contributed by atoms with Crippen LogP contribution in [0, 0.1) is 20.2 Å². The molecule has 0 aromatic rings. The Morgan fingerprint density at radius 2 is 1.73 bits per heavy atom. The molecule has 0 saturated heterocycles. The van der Waals surface area contributed by atoms with E-state index in [1.165, 1.54) is 0 Å². The van der Waals surface area contributed by atoms with E-state index in [2.05, 4.69) is 0 Å². The Kier molecular flexibility index (Phi) is 2.84. The van der Waals surface area contributed by atoms with E-state index < -0.39 is 28.7 Å². The lowest BCUT2D eigenvalue weighted by atomic mass is 10.3. The van der Waals surface area contributed by atoms with Gasteiger partial charge in [0.1, 0.15) is 6.42 Å². The normalized spacial score (nSPS) is 11.1. The zero-order valence-electron chi connectivity index (χ0n) is 5.34. The smallest absolute Gasteiger partial charge is 0.306 e. The van der Waals surface area contributed by atoms with Gasteiger partial charge in [-0.1, -0.05) is 0 Å².